The smallest absolute Gasteiger partial charge is 0.330 e. The molecule has 0 aliphatic carbocycles. The zero-order valence-corrected chi connectivity index (χ0v) is 9.29. The number of aromatic nitrogens is 2. The van der Waals surface area contributed by atoms with E-state index in [1.807, 2.05) is 0 Å². The largest absolute Gasteiger partial charge is 0.394 e. The molecule has 3 atom stereocenters. The van der Waals surface area contributed by atoms with Crippen molar-refractivity contribution < 1.29 is 14.9 Å². The quantitative estimate of drug-likeness (QED) is 0.589. The van der Waals surface area contributed by atoms with Crippen LogP contribution in [0.2, 0.25) is 0 Å². The van der Waals surface area contributed by atoms with Gasteiger partial charge in [0.05, 0.1) is 12.7 Å². The molecule has 7 nitrogen and oxygen atoms in total. The molecule has 94 valence electrons. The van der Waals surface area contributed by atoms with Crippen LogP contribution < -0.4 is 11.2 Å². The zero-order chi connectivity index (χ0) is 12.6. The third-order valence-corrected chi connectivity index (χ3v) is 2.80. The molecule has 0 spiro atoms. The lowest BCUT2D eigenvalue weighted by Gasteiger charge is -2.24. The molecule has 1 fully saturated rings. The molecule has 17 heavy (non-hydrogen) atoms. The summed E-state index contributed by atoms with van der Waals surface area (Å²) in [5.74, 6) is 0. The van der Waals surface area contributed by atoms with Crippen molar-refractivity contribution in [3.8, 4) is 0 Å². The molecule has 1 saturated heterocycles. The van der Waals surface area contributed by atoms with Gasteiger partial charge in [-0.15, -0.1) is 0 Å². The number of aliphatic hydroxyl groups excluding tert-OH is 1. The molecule has 1 aromatic heterocycles. The Hall–Kier alpha value is -1.44. The van der Waals surface area contributed by atoms with Gasteiger partial charge in [0.1, 0.15) is 5.60 Å². The van der Waals surface area contributed by atoms with Gasteiger partial charge < -0.3 is 14.9 Å². The molecule has 0 saturated carbocycles. The second-order valence-corrected chi connectivity index (χ2v) is 4.37. The maximum absolute atomic E-state index is 11.6. The molecule has 3 N–H and O–H groups in total. The monoisotopic (exact) mass is 242 g/mol. The van der Waals surface area contributed by atoms with Crippen LogP contribution in [0.5, 0.6) is 0 Å². The van der Waals surface area contributed by atoms with Gasteiger partial charge in [-0.3, -0.25) is 14.3 Å². The lowest BCUT2D eigenvalue weighted by atomic mass is 10.0. The van der Waals surface area contributed by atoms with Crippen LogP contribution in [0.4, 0.5) is 0 Å². The van der Waals surface area contributed by atoms with Gasteiger partial charge in [-0.25, -0.2) is 4.79 Å². The Balaban J connectivity index is 2.40. The van der Waals surface area contributed by atoms with Crippen molar-refractivity contribution in [2.45, 2.75) is 31.3 Å². The summed E-state index contributed by atoms with van der Waals surface area (Å²) >= 11 is 0. The molecule has 0 radical (unpaired) electrons. The first-order valence-electron chi connectivity index (χ1n) is 5.24. The van der Waals surface area contributed by atoms with Crippen LogP contribution in [0.15, 0.2) is 21.9 Å². The summed E-state index contributed by atoms with van der Waals surface area (Å²) in [4.78, 5) is 24.6. The Kier molecular flexibility index (Phi) is 2.90. The molecule has 2 rings (SSSR count). The predicted octanol–water partition coefficient (Wildman–Crippen LogP) is -1.43. The highest BCUT2D eigenvalue weighted by atomic mass is 16.5. The fraction of sp³-hybridized carbons (Fsp3) is 0.600. The van der Waals surface area contributed by atoms with Crippen LogP contribution in [0.3, 0.4) is 0 Å². The second kappa shape index (κ2) is 4.10. The number of aromatic amines is 1. The first kappa shape index (κ1) is 12.0. The van der Waals surface area contributed by atoms with E-state index in [2.05, 4.69) is 4.98 Å². The molecular weight excluding hydrogens is 228 g/mol. The van der Waals surface area contributed by atoms with E-state index in [-0.39, 0.29) is 13.0 Å². The maximum atomic E-state index is 11.6. The third-order valence-electron chi connectivity index (χ3n) is 2.80. The summed E-state index contributed by atoms with van der Waals surface area (Å²) in [6, 6.07) is 1.17. The van der Waals surface area contributed by atoms with Gasteiger partial charge in [-0.05, 0) is 6.92 Å². The fourth-order valence-electron chi connectivity index (χ4n) is 2.02. The minimum absolute atomic E-state index is 0.222. The topological polar surface area (TPSA) is 105 Å². The Bertz CT molecular complexity index is 518. The highest BCUT2D eigenvalue weighted by molar-refractivity contribution is 4.94. The summed E-state index contributed by atoms with van der Waals surface area (Å²) in [6.07, 6.45) is 0.0533. The molecule has 1 aliphatic heterocycles. The fourth-order valence-corrected chi connectivity index (χ4v) is 2.02. The van der Waals surface area contributed by atoms with Crippen molar-refractivity contribution in [3.05, 3.63) is 33.1 Å². The average Bonchev–Trinajstić information content (AvgIpc) is 2.54. The van der Waals surface area contributed by atoms with Crippen LogP contribution >= 0.6 is 0 Å². The molecular formula is C10H14N2O5. The van der Waals surface area contributed by atoms with Crippen molar-refractivity contribution in [2.75, 3.05) is 6.61 Å². The van der Waals surface area contributed by atoms with E-state index >= 15 is 0 Å². The lowest BCUT2D eigenvalue weighted by molar-refractivity contribution is -0.0897. The number of hydrogen-bond donors (Lipinski definition) is 3. The third kappa shape index (κ3) is 2.17. The lowest BCUT2D eigenvalue weighted by Crippen LogP contribution is -2.40. The number of nitrogens with zero attached hydrogens (tertiary/aromatic N) is 1. The number of rotatable bonds is 2. The Morgan fingerprint density at radius 3 is 2.88 bits per heavy atom. The van der Waals surface area contributed by atoms with Gasteiger partial charge in [-0.1, -0.05) is 0 Å². The summed E-state index contributed by atoms with van der Waals surface area (Å²) in [5, 5.41) is 19.1. The summed E-state index contributed by atoms with van der Waals surface area (Å²) < 4.78 is 6.48. The maximum Gasteiger partial charge on any atom is 0.330 e. The summed E-state index contributed by atoms with van der Waals surface area (Å²) in [7, 11) is 0. The highest BCUT2D eigenvalue weighted by Gasteiger charge is 2.45. The molecule has 0 bridgehead atoms. The average molecular weight is 242 g/mol. The second-order valence-electron chi connectivity index (χ2n) is 4.37. The van der Waals surface area contributed by atoms with Crippen LogP contribution in [0, 0.1) is 0 Å². The normalized spacial score (nSPS) is 32.9. The zero-order valence-electron chi connectivity index (χ0n) is 9.29. The van der Waals surface area contributed by atoms with Gasteiger partial charge in [-0.2, -0.15) is 0 Å². The highest BCUT2D eigenvalue weighted by Crippen LogP contribution is 2.36. The number of H-pyrrole nitrogens is 1. The number of aliphatic hydroxyl groups is 2. The first-order chi connectivity index (χ1) is 7.94. The van der Waals surface area contributed by atoms with Crippen LogP contribution in [-0.2, 0) is 4.74 Å². The van der Waals surface area contributed by atoms with Crippen molar-refractivity contribution in [1.82, 2.24) is 9.55 Å². The number of hydrogen-bond acceptors (Lipinski definition) is 5. The van der Waals surface area contributed by atoms with Crippen LogP contribution in [-0.4, -0.2) is 38.1 Å². The standard InChI is InChI=1S/C10H14N2O5/c1-10(16)4-6(5-13)17-8(10)12-3-2-7(14)11-9(12)15/h2-3,6,8,13,16H,4-5H2,1H3,(H,11,14,15)/t6-,8+,10-/m0/s1. The van der Waals surface area contributed by atoms with Gasteiger partial charge in [0, 0.05) is 18.7 Å². The van der Waals surface area contributed by atoms with Crippen molar-refractivity contribution in [1.29, 1.82) is 0 Å². The molecule has 2 heterocycles. The minimum Gasteiger partial charge on any atom is -0.394 e. The Labute approximate surface area is 96.3 Å². The van der Waals surface area contributed by atoms with Gasteiger partial charge in [0.15, 0.2) is 6.23 Å². The number of nitrogens with one attached hydrogen (secondary N) is 1. The van der Waals surface area contributed by atoms with Crippen molar-refractivity contribution >= 4 is 0 Å². The van der Waals surface area contributed by atoms with E-state index in [1.165, 1.54) is 19.2 Å². The van der Waals surface area contributed by atoms with Gasteiger partial charge in [0.2, 0.25) is 0 Å². The first-order valence-corrected chi connectivity index (χ1v) is 5.24. The van der Waals surface area contributed by atoms with E-state index < -0.39 is 29.2 Å². The minimum atomic E-state index is -1.27. The molecule has 7 heteroatoms. The van der Waals surface area contributed by atoms with Gasteiger partial charge >= 0.3 is 5.69 Å². The van der Waals surface area contributed by atoms with E-state index in [9.17, 15) is 14.7 Å². The van der Waals surface area contributed by atoms with Crippen molar-refractivity contribution in [2.24, 2.45) is 0 Å². The summed E-state index contributed by atoms with van der Waals surface area (Å²) in [6.45, 7) is 1.29. The molecule has 0 amide bonds. The Morgan fingerprint density at radius 1 is 1.65 bits per heavy atom. The van der Waals surface area contributed by atoms with E-state index in [1.54, 1.807) is 0 Å². The van der Waals surface area contributed by atoms with E-state index in [0.717, 1.165) is 4.57 Å². The predicted molar refractivity (Wildman–Crippen MR) is 57.6 cm³/mol. The van der Waals surface area contributed by atoms with Crippen LogP contribution in [0.1, 0.15) is 19.6 Å². The molecule has 0 unspecified atom stereocenters. The molecule has 0 aromatic carbocycles. The van der Waals surface area contributed by atoms with E-state index in [4.69, 9.17) is 9.84 Å². The van der Waals surface area contributed by atoms with Crippen LogP contribution in [0.25, 0.3) is 0 Å². The Morgan fingerprint density at radius 2 is 2.35 bits per heavy atom. The number of ether oxygens (including phenoxy) is 1. The molecule has 1 aromatic rings. The van der Waals surface area contributed by atoms with E-state index in [0.29, 0.717) is 0 Å². The molecule has 1 aliphatic rings. The van der Waals surface area contributed by atoms with Crippen molar-refractivity contribution in [3.63, 3.8) is 0 Å². The SMILES string of the molecule is C[C@]1(O)C[C@@H](CO)O[C@H]1n1ccc(=O)[nH]c1=O. The summed E-state index contributed by atoms with van der Waals surface area (Å²) in [5.41, 5.74) is -2.43. The van der Waals surface area contributed by atoms with Gasteiger partial charge in [0.25, 0.3) is 5.56 Å².